The first-order valence-corrected chi connectivity index (χ1v) is 13.7. The van der Waals surface area contributed by atoms with Crippen LogP contribution in [0.4, 0.5) is 5.69 Å². The molecule has 3 heterocycles. The van der Waals surface area contributed by atoms with E-state index in [4.69, 9.17) is 27.9 Å². The van der Waals surface area contributed by atoms with Gasteiger partial charge in [-0.1, -0.05) is 71.4 Å². The van der Waals surface area contributed by atoms with Crippen molar-refractivity contribution in [3.05, 3.63) is 81.7 Å². The molecule has 1 amide bonds. The van der Waals surface area contributed by atoms with Gasteiger partial charge in [-0.05, 0) is 48.1 Å². The predicted molar refractivity (Wildman–Crippen MR) is 142 cm³/mol. The van der Waals surface area contributed by atoms with Gasteiger partial charge in [0.15, 0.2) is 11.0 Å². The van der Waals surface area contributed by atoms with Gasteiger partial charge in [-0.2, -0.15) is 0 Å². The summed E-state index contributed by atoms with van der Waals surface area (Å²) in [4.78, 5) is 14.6. The molecular weight excluding hydrogens is 523 g/mol. The number of carbonyl (C=O) groups is 1. The Bertz CT molecular complexity index is 1270. The lowest BCUT2D eigenvalue weighted by molar-refractivity contribution is -0.115. The Labute approximate surface area is 221 Å². The molecule has 2 aromatic carbocycles. The lowest BCUT2D eigenvalue weighted by Gasteiger charge is -2.19. The predicted octanol–water partition coefficient (Wildman–Crippen LogP) is 6.96. The molecule has 0 saturated carbocycles. The maximum atomic E-state index is 13.5. The molecule has 1 saturated heterocycles. The Balaban J connectivity index is 1.48. The van der Waals surface area contributed by atoms with Crippen LogP contribution >= 0.6 is 46.3 Å². The second-order valence-electron chi connectivity index (χ2n) is 8.09. The van der Waals surface area contributed by atoms with Crippen molar-refractivity contribution < 1.29 is 9.53 Å². The number of ether oxygens (including phenoxy) is 1. The lowest BCUT2D eigenvalue weighted by Crippen LogP contribution is -2.21. The average molecular weight is 546 g/mol. The Morgan fingerprint density at radius 2 is 1.94 bits per heavy atom. The summed E-state index contributed by atoms with van der Waals surface area (Å²) in [7, 11) is 0. The average Bonchev–Trinajstić information content (AvgIpc) is 3.61. The molecule has 5 rings (SSSR count). The number of carbonyl (C=O) groups excluding carboxylic acids is 1. The van der Waals surface area contributed by atoms with E-state index < -0.39 is 5.25 Å². The van der Waals surface area contributed by atoms with Crippen LogP contribution in [0, 0.1) is 0 Å². The quantitative estimate of drug-likeness (QED) is 0.242. The largest absolute Gasteiger partial charge is 0.376 e. The molecule has 1 aliphatic heterocycles. The molecule has 0 spiro atoms. The molecule has 0 radical (unpaired) electrons. The summed E-state index contributed by atoms with van der Waals surface area (Å²) < 4.78 is 7.98. The molecule has 180 valence electrons. The molecule has 1 fully saturated rings. The molecule has 6 nitrogen and oxygen atoms in total. The van der Waals surface area contributed by atoms with Crippen LogP contribution in [-0.4, -0.2) is 33.4 Å². The highest BCUT2D eigenvalue weighted by molar-refractivity contribution is 8.00. The molecular formula is C25H22Cl2N4O2S2. The van der Waals surface area contributed by atoms with Crippen LogP contribution in [0.25, 0.3) is 10.7 Å². The molecule has 0 unspecified atom stereocenters. The number of nitrogens with one attached hydrogen (secondary N) is 1. The minimum Gasteiger partial charge on any atom is -0.376 e. The molecule has 2 aromatic heterocycles. The standard InChI is InChI=1S/C25H22Cl2N4O2S2/c26-17-12-18(27)14-19(13-17)28-24(32)22(16-6-2-1-3-7-16)35-25-30-29-23(21-9-5-11-34-21)31(25)15-20-8-4-10-33-20/h1-3,5-7,9,11-14,20,22H,4,8,10,15H2,(H,28,32)/t20-,22-/m0/s1. The first-order valence-electron chi connectivity index (χ1n) is 11.1. The second-order valence-corrected chi connectivity index (χ2v) is 11.0. The van der Waals surface area contributed by atoms with E-state index in [1.807, 2.05) is 47.8 Å². The summed E-state index contributed by atoms with van der Waals surface area (Å²) in [6, 6.07) is 18.6. The van der Waals surface area contributed by atoms with Crippen LogP contribution in [0.1, 0.15) is 23.7 Å². The minimum absolute atomic E-state index is 0.0988. The summed E-state index contributed by atoms with van der Waals surface area (Å²) in [5.41, 5.74) is 1.39. The van der Waals surface area contributed by atoms with E-state index in [0.717, 1.165) is 35.7 Å². The van der Waals surface area contributed by atoms with Crippen molar-refractivity contribution in [3.63, 3.8) is 0 Å². The van der Waals surface area contributed by atoms with Gasteiger partial charge in [0.1, 0.15) is 5.25 Å². The van der Waals surface area contributed by atoms with Crippen molar-refractivity contribution in [2.24, 2.45) is 0 Å². The zero-order chi connectivity index (χ0) is 24.2. The van der Waals surface area contributed by atoms with E-state index >= 15 is 0 Å². The van der Waals surface area contributed by atoms with Gasteiger partial charge < -0.3 is 10.1 Å². The number of aromatic nitrogens is 3. The number of hydrogen-bond acceptors (Lipinski definition) is 6. The number of halogens is 2. The van der Waals surface area contributed by atoms with E-state index in [2.05, 4.69) is 20.1 Å². The van der Waals surface area contributed by atoms with Gasteiger partial charge in [0.2, 0.25) is 5.91 Å². The van der Waals surface area contributed by atoms with E-state index in [1.54, 1.807) is 29.5 Å². The molecule has 0 bridgehead atoms. The topological polar surface area (TPSA) is 69.0 Å². The number of thiophene rings is 1. The Morgan fingerprint density at radius 1 is 1.14 bits per heavy atom. The van der Waals surface area contributed by atoms with Crippen LogP contribution in [0.2, 0.25) is 10.0 Å². The summed E-state index contributed by atoms with van der Waals surface area (Å²) in [5, 5.41) is 15.0. The van der Waals surface area contributed by atoms with Crippen LogP contribution in [0.15, 0.2) is 71.2 Å². The number of thioether (sulfide) groups is 1. The van der Waals surface area contributed by atoms with Crippen LogP contribution in [0.3, 0.4) is 0 Å². The number of rotatable bonds is 8. The van der Waals surface area contributed by atoms with E-state index in [0.29, 0.717) is 27.4 Å². The Morgan fingerprint density at radius 3 is 2.63 bits per heavy atom. The van der Waals surface area contributed by atoms with Crippen molar-refractivity contribution in [1.82, 2.24) is 14.8 Å². The highest BCUT2D eigenvalue weighted by Crippen LogP contribution is 2.38. The molecule has 1 aliphatic rings. The number of benzene rings is 2. The fourth-order valence-electron chi connectivity index (χ4n) is 3.96. The third-order valence-electron chi connectivity index (χ3n) is 5.56. The normalized spacial score (nSPS) is 16.3. The number of hydrogen-bond donors (Lipinski definition) is 1. The zero-order valence-electron chi connectivity index (χ0n) is 18.6. The first kappa shape index (κ1) is 24.3. The second kappa shape index (κ2) is 11.1. The maximum Gasteiger partial charge on any atom is 0.242 e. The van der Waals surface area contributed by atoms with Gasteiger partial charge in [-0.25, -0.2) is 0 Å². The Hall–Kier alpha value is -2.36. The molecule has 2 atom stereocenters. The molecule has 0 aliphatic carbocycles. The highest BCUT2D eigenvalue weighted by Gasteiger charge is 2.28. The maximum absolute atomic E-state index is 13.5. The molecule has 35 heavy (non-hydrogen) atoms. The summed E-state index contributed by atoms with van der Waals surface area (Å²) in [6.45, 7) is 1.40. The van der Waals surface area contributed by atoms with Crippen molar-refractivity contribution in [3.8, 4) is 10.7 Å². The van der Waals surface area contributed by atoms with E-state index in [1.165, 1.54) is 11.8 Å². The fourth-order valence-corrected chi connectivity index (χ4v) is 6.25. The molecule has 4 aromatic rings. The third kappa shape index (κ3) is 5.90. The van der Waals surface area contributed by atoms with Gasteiger partial charge in [-0.15, -0.1) is 21.5 Å². The number of anilines is 1. The van der Waals surface area contributed by atoms with Crippen LogP contribution in [-0.2, 0) is 16.1 Å². The summed E-state index contributed by atoms with van der Waals surface area (Å²) in [6.07, 6.45) is 2.13. The summed E-state index contributed by atoms with van der Waals surface area (Å²) in [5.74, 6) is 0.579. The highest BCUT2D eigenvalue weighted by atomic mass is 35.5. The van der Waals surface area contributed by atoms with Crippen molar-refractivity contribution in [1.29, 1.82) is 0 Å². The van der Waals surface area contributed by atoms with E-state index in [9.17, 15) is 4.79 Å². The fraction of sp³-hybridized carbons (Fsp3) is 0.240. The van der Waals surface area contributed by atoms with Crippen molar-refractivity contribution >= 4 is 57.9 Å². The van der Waals surface area contributed by atoms with Gasteiger partial charge in [0.05, 0.1) is 17.5 Å². The monoisotopic (exact) mass is 544 g/mol. The smallest absolute Gasteiger partial charge is 0.242 e. The number of amides is 1. The number of nitrogens with zero attached hydrogens (tertiary/aromatic N) is 3. The summed E-state index contributed by atoms with van der Waals surface area (Å²) >= 11 is 15.3. The van der Waals surface area contributed by atoms with E-state index in [-0.39, 0.29) is 12.0 Å². The van der Waals surface area contributed by atoms with Gasteiger partial charge >= 0.3 is 0 Å². The van der Waals surface area contributed by atoms with Gasteiger partial charge in [-0.3, -0.25) is 9.36 Å². The lowest BCUT2D eigenvalue weighted by atomic mass is 10.1. The van der Waals surface area contributed by atoms with Crippen molar-refractivity contribution in [2.45, 2.75) is 35.9 Å². The van der Waals surface area contributed by atoms with Gasteiger partial charge in [0.25, 0.3) is 0 Å². The Kier molecular flexibility index (Phi) is 7.75. The van der Waals surface area contributed by atoms with Crippen molar-refractivity contribution in [2.75, 3.05) is 11.9 Å². The van der Waals surface area contributed by atoms with Gasteiger partial charge in [0, 0.05) is 22.3 Å². The first-order chi connectivity index (χ1) is 17.1. The minimum atomic E-state index is -0.572. The molecule has 1 N–H and O–H groups in total. The SMILES string of the molecule is O=C(Nc1cc(Cl)cc(Cl)c1)[C@@H](Sc1nnc(-c2cccs2)n1C[C@@H]1CCCO1)c1ccccc1. The third-order valence-corrected chi connectivity index (χ3v) is 8.10. The zero-order valence-corrected chi connectivity index (χ0v) is 21.7. The van der Waals surface area contributed by atoms with Crippen LogP contribution < -0.4 is 5.32 Å². The van der Waals surface area contributed by atoms with Crippen LogP contribution in [0.5, 0.6) is 0 Å². The molecule has 10 heteroatoms.